The molecular formula is C47H29N3O2. The van der Waals surface area contributed by atoms with Gasteiger partial charge in [-0.2, -0.15) is 0 Å². The molecule has 0 radical (unpaired) electrons. The van der Waals surface area contributed by atoms with Crippen molar-refractivity contribution < 1.29 is 8.83 Å². The molecule has 0 amide bonds. The van der Waals surface area contributed by atoms with Crippen LogP contribution in [0.25, 0.3) is 99.3 Å². The molecule has 1 aliphatic rings. The van der Waals surface area contributed by atoms with Crippen LogP contribution < -0.4 is 0 Å². The van der Waals surface area contributed by atoms with Gasteiger partial charge in [0.15, 0.2) is 11.6 Å². The molecular weight excluding hydrogens is 639 g/mol. The summed E-state index contributed by atoms with van der Waals surface area (Å²) in [6.45, 7) is 0. The van der Waals surface area contributed by atoms with Crippen LogP contribution in [-0.2, 0) is 0 Å². The second kappa shape index (κ2) is 11.3. The van der Waals surface area contributed by atoms with Gasteiger partial charge in [-0.05, 0) is 70.1 Å². The van der Waals surface area contributed by atoms with Crippen molar-refractivity contribution in [2.45, 2.75) is 12.3 Å². The average Bonchev–Trinajstić information content (AvgIpc) is 3.79. The average molecular weight is 668 g/mol. The zero-order valence-corrected chi connectivity index (χ0v) is 28.0. The first-order valence-corrected chi connectivity index (χ1v) is 17.6. The smallest absolute Gasteiger partial charge is 0.164 e. The second-order valence-corrected chi connectivity index (χ2v) is 13.5. The highest BCUT2D eigenvalue weighted by atomic mass is 16.3. The van der Waals surface area contributed by atoms with Crippen LogP contribution in [0.5, 0.6) is 0 Å². The molecule has 0 saturated heterocycles. The zero-order valence-electron chi connectivity index (χ0n) is 28.0. The van der Waals surface area contributed by atoms with Gasteiger partial charge in [0.1, 0.15) is 28.2 Å². The maximum Gasteiger partial charge on any atom is 0.164 e. The summed E-state index contributed by atoms with van der Waals surface area (Å²) >= 11 is 0. The first-order chi connectivity index (χ1) is 25.7. The van der Waals surface area contributed by atoms with E-state index in [-0.39, 0.29) is 5.92 Å². The molecule has 244 valence electrons. The highest BCUT2D eigenvalue weighted by Crippen LogP contribution is 2.42. The van der Waals surface area contributed by atoms with E-state index in [4.69, 9.17) is 23.8 Å². The zero-order chi connectivity index (χ0) is 34.2. The van der Waals surface area contributed by atoms with Crippen molar-refractivity contribution >= 4 is 65.4 Å². The van der Waals surface area contributed by atoms with Gasteiger partial charge in [-0.15, -0.1) is 0 Å². The summed E-state index contributed by atoms with van der Waals surface area (Å²) in [5.41, 5.74) is 7.50. The number of para-hydroxylation sites is 1. The molecule has 1 unspecified atom stereocenters. The molecule has 0 N–H and O–H groups in total. The van der Waals surface area contributed by atoms with Crippen LogP contribution in [0, 0.1) is 0 Å². The first-order valence-electron chi connectivity index (χ1n) is 17.6. The van der Waals surface area contributed by atoms with E-state index in [1.807, 2.05) is 24.3 Å². The van der Waals surface area contributed by atoms with Gasteiger partial charge in [0.25, 0.3) is 0 Å². The molecule has 1 aliphatic carbocycles. The Morgan fingerprint density at radius 3 is 2.17 bits per heavy atom. The standard InChI is InChI=1S/C47H29N3O2/c1-2-12-29(13-3-1)45-48-46(32-22-21-28-11-4-5-14-30(28)25-32)50-47(49-45)37-18-10-20-41-43(37)36-24-23-31(26-42(36)51-41)38-27-39-34-16-8-9-19-40(34)52-44(39)35-17-7-6-15-33(35)38/h1-12,14-27,29H,13H2. The molecule has 5 nitrogen and oxygen atoms in total. The van der Waals surface area contributed by atoms with Crippen LogP contribution in [0.3, 0.4) is 0 Å². The van der Waals surface area contributed by atoms with E-state index in [0.29, 0.717) is 11.6 Å². The van der Waals surface area contributed by atoms with Gasteiger partial charge in [0.05, 0.1) is 0 Å². The Balaban J connectivity index is 1.10. The molecule has 5 heteroatoms. The Labute approximate surface area is 298 Å². The lowest BCUT2D eigenvalue weighted by Gasteiger charge is -2.15. The molecule has 52 heavy (non-hydrogen) atoms. The van der Waals surface area contributed by atoms with Crippen LogP contribution in [0.15, 0.2) is 167 Å². The lowest BCUT2D eigenvalue weighted by atomic mass is 9.94. The van der Waals surface area contributed by atoms with E-state index >= 15 is 0 Å². The van der Waals surface area contributed by atoms with Crippen molar-refractivity contribution in [3.8, 4) is 33.9 Å². The monoisotopic (exact) mass is 667 g/mol. The summed E-state index contributed by atoms with van der Waals surface area (Å²) in [5, 5.41) is 8.78. The minimum Gasteiger partial charge on any atom is -0.456 e. The maximum absolute atomic E-state index is 6.63. The topological polar surface area (TPSA) is 65.0 Å². The lowest BCUT2D eigenvalue weighted by Crippen LogP contribution is -2.08. The summed E-state index contributed by atoms with van der Waals surface area (Å²) in [6, 6.07) is 46.4. The summed E-state index contributed by atoms with van der Waals surface area (Å²) < 4.78 is 13.0. The molecule has 0 fully saturated rings. The molecule has 3 aromatic heterocycles. The normalized spacial score (nSPS) is 14.5. The van der Waals surface area contributed by atoms with Gasteiger partial charge >= 0.3 is 0 Å². The molecule has 0 aliphatic heterocycles. The van der Waals surface area contributed by atoms with Crippen LogP contribution >= 0.6 is 0 Å². The lowest BCUT2D eigenvalue weighted by molar-refractivity contribution is 0.669. The van der Waals surface area contributed by atoms with E-state index in [9.17, 15) is 0 Å². The molecule has 3 heterocycles. The number of hydrogen-bond acceptors (Lipinski definition) is 5. The molecule has 11 rings (SSSR count). The largest absolute Gasteiger partial charge is 0.456 e. The SMILES string of the molecule is C1=CCC(c2nc(-c3ccc4ccccc4c3)nc(-c3cccc4oc5cc(-c6cc7c8ccccc8oc7c7ccccc67)ccc5c34)n2)C=C1. The van der Waals surface area contributed by atoms with Gasteiger partial charge in [0, 0.05) is 44.0 Å². The van der Waals surface area contributed by atoms with E-state index in [1.54, 1.807) is 0 Å². The Kier molecular flexibility index (Phi) is 6.31. The Morgan fingerprint density at radius 2 is 1.27 bits per heavy atom. The highest BCUT2D eigenvalue weighted by Gasteiger charge is 2.21. The van der Waals surface area contributed by atoms with E-state index in [1.165, 1.54) is 5.39 Å². The molecule has 0 spiro atoms. The maximum atomic E-state index is 6.63. The van der Waals surface area contributed by atoms with Crippen LogP contribution in [0.4, 0.5) is 0 Å². The molecule has 0 saturated carbocycles. The third-order valence-electron chi connectivity index (χ3n) is 10.4. The fourth-order valence-electron chi connectivity index (χ4n) is 7.87. The number of furan rings is 2. The summed E-state index contributed by atoms with van der Waals surface area (Å²) in [6.07, 6.45) is 9.33. The van der Waals surface area contributed by atoms with Crippen molar-refractivity contribution in [3.05, 3.63) is 164 Å². The van der Waals surface area contributed by atoms with Gasteiger partial charge in [0.2, 0.25) is 0 Å². The highest BCUT2D eigenvalue weighted by molar-refractivity contribution is 6.20. The summed E-state index contributed by atoms with van der Waals surface area (Å²) in [5.74, 6) is 2.12. The fourth-order valence-corrected chi connectivity index (χ4v) is 7.87. The van der Waals surface area contributed by atoms with Gasteiger partial charge < -0.3 is 8.83 Å². The number of benzene rings is 7. The van der Waals surface area contributed by atoms with E-state index < -0.39 is 0 Å². The number of aromatic nitrogens is 3. The van der Waals surface area contributed by atoms with Crippen LogP contribution in [-0.4, -0.2) is 15.0 Å². The van der Waals surface area contributed by atoms with Crippen molar-refractivity contribution in [2.24, 2.45) is 0 Å². The molecule has 10 aromatic rings. The van der Waals surface area contributed by atoms with Gasteiger partial charge in [-0.25, -0.2) is 15.0 Å². The van der Waals surface area contributed by atoms with Crippen molar-refractivity contribution in [1.29, 1.82) is 0 Å². The van der Waals surface area contributed by atoms with Crippen molar-refractivity contribution in [3.63, 3.8) is 0 Å². The summed E-state index contributed by atoms with van der Waals surface area (Å²) in [7, 11) is 0. The Hall–Kier alpha value is -6.85. The van der Waals surface area contributed by atoms with Gasteiger partial charge in [-0.3, -0.25) is 0 Å². The quantitative estimate of drug-likeness (QED) is 0.187. The molecule has 7 aromatic carbocycles. The van der Waals surface area contributed by atoms with E-state index in [2.05, 4.69) is 133 Å². The predicted octanol–water partition coefficient (Wildman–Crippen LogP) is 12.6. The minimum atomic E-state index is 0.0633. The number of fused-ring (bicyclic) bond motifs is 9. The number of nitrogens with zero attached hydrogens (tertiary/aromatic N) is 3. The fraction of sp³-hybridized carbons (Fsp3) is 0.0426. The number of rotatable bonds is 4. The Morgan fingerprint density at radius 1 is 0.481 bits per heavy atom. The minimum absolute atomic E-state index is 0.0633. The number of allylic oxidation sites excluding steroid dienone is 4. The van der Waals surface area contributed by atoms with E-state index in [0.717, 1.165) is 94.5 Å². The van der Waals surface area contributed by atoms with Crippen LogP contribution in [0.2, 0.25) is 0 Å². The number of hydrogen-bond donors (Lipinski definition) is 0. The van der Waals surface area contributed by atoms with Gasteiger partial charge in [-0.1, -0.05) is 121 Å². The molecule has 0 bridgehead atoms. The summed E-state index contributed by atoms with van der Waals surface area (Å²) in [4.78, 5) is 15.3. The third-order valence-corrected chi connectivity index (χ3v) is 10.4. The Bertz CT molecular complexity index is 3130. The third kappa shape index (κ3) is 4.53. The molecule has 1 atom stereocenters. The van der Waals surface area contributed by atoms with Crippen molar-refractivity contribution in [2.75, 3.05) is 0 Å². The second-order valence-electron chi connectivity index (χ2n) is 13.5. The first kappa shape index (κ1) is 28.9. The predicted molar refractivity (Wildman–Crippen MR) is 211 cm³/mol. The van der Waals surface area contributed by atoms with Crippen LogP contribution in [0.1, 0.15) is 18.2 Å². The van der Waals surface area contributed by atoms with Crippen molar-refractivity contribution in [1.82, 2.24) is 15.0 Å².